The van der Waals surface area contributed by atoms with Crippen LogP contribution in [0.3, 0.4) is 0 Å². The molecule has 0 bridgehead atoms. The van der Waals surface area contributed by atoms with Gasteiger partial charge in [-0.15, -0.1) is 0 Å². The fourth-order valence-electron chi connectivity index (χ4n) is 1.51. The lowest BCUT2D eigenvalue weighted by molar-refractivity contribution is 0.414. The zero-order chi connectivity index (χ0) is 15.5. The molecule has 4 N–H and O–H groups in total. The molecule has 0 spiro atoms. The Morgan fingerprint density at radius 1 is 1.05 bits per heavy atom. The van der Waals surface area contributed by atoms with Gasteiger partial charge in [0.25, 0.3) is 0 Å². The third-order valence-electron chi connectivity index (χ3n) is 2.72. The Bertz CT molecular complexity index is 451. The molecule has 0 saturated heterocycles. The first-order chi connectivity index (χ1) is 10.2. The van der Waals surface area contributed by atoms with Gasteiger partial charge >= 0.3 is 0 Å². The number of hydrogen-bond donors (Lipinski definition) is 4. The maximum atomic E-state index is 5.16. The van der Waals surface area contributed by atoms with Gasteiger partial charge in [0, 0.05) is 13.1 Å². The van der Waals surface area contributed by atoms with E-state index in [1.165, 1.54) is 0 Å². The van der Waals surface area contributed by atoms with E-state index in [4.69, 9.17) is 29.2 Å². The van der Waals surface area contributed by atoms with E-state index in [0.717, 1.165) is 30.7 Å². The van der Waals surface area contributed by atoms with Crippen LogP contribution in [-0.4, -0.2) is 23.9 Å². The van der Waals surface area contributed by atoms with Crippen LogP contribution in [0.1, 0.15) is 25.3 Å². The fourth-order valence-corrected chi connectivity index (χ4v) is 1.78. The summed E-state index contributed by atoms with van der Waals surface area (Å²) in [5.74, 6) is 0.838. The number of nitrogens with one attached hydrogen (secondary N) is 4. The summed E-state index contributed by atoms with van der Waals surface area (Å²) in [4.78, 5) is 0. The summed E-state index contributed by atoms with van der Waals surface area (Å²) in [6.07, 6.45) is 2.22. The number of ether oxygens (including phenoxy) is 1. The molecule has 1 rings (SSSR count). The largest absolute Gasteiger partial charge is 0.497 e. The average molecular weight is 326 g/mol. The molecule has 1 aromatic rings. The predicted molar refractivity (Wildman–Crippen MR) is 94.2 cm³/mol. The predicted octanol–water partition coefficient (Wildman–Crippen LogP) is 1.84. The Morgan fingerprint density at radius 2 is 1.67 bits per heavy atom. The summed E-state index contributed by atoms with van der Waals surface area (Å²) >= 11 is 10.3. The van der Waals surface area contributed by atoms with Crippen LogP contribution in [0.15, 0.2) is 24.3 Å². The molecular formula is C14H22N4OS2. The van der Waals surface area contributed by atoms with Gasteiger partial charge in [0.15, 0.2) is 10.2 Å². The maximum absolute atomic E-state index is 5.16. The molecule has 0 atom stereocenters. The highest BCUT2D eigenvalue weighted by atomic mass is 32.1. The first-order valence-electron chi connectivity index (χ1n) is 6.86. The summed E-state index contributed by atoms with van der Waals surface area (Å²) in [5, 5.41) is 7.20. The summed E-state index contributed by atoms with van der Waals surface area (Å²) in [5.41, 5.74) is 6.80. The van der Waals surface area contributed by atoms with Crippen LogP contribution in [0.4, 0.5) is 0 Å². The Morgan fingerprint density at radius 3 is 2.24 bits per heavy atom. The molecule has 0 heterocycles. The summed E-state index contributed by atoms with van der Waals surface area (Å²) in [6, 6.07) is 7.80. The number of methoxy groups -OCH3 is 1. The maximum Gasteiger partial charge on any atom is 0.185 e. The first-order valence-corrected chi connectivity index (χ1v) is 7.68. The Balaban J connectivity index is 2.19. The number of unbranched alkanes of at least 4 members (excludes halogenated alkanes) is 1. The summed E-state index contributed by atoms with van der Waals surface area (Å²) < 4.78 is 5.11. The minimum atomic E-state index is 0.491. The van der Waals surface area contributed by atoms with Gasteiger partial charge in [0.05, 0.1) is 7.11 Å². The quantitative estimate of drug-likeness (QED) is 0.361. The van der Waals surface area contributed by atoms with Gasteiger partial charge in [-0.1, -0.05) is 25.5 Å². The van der Waals surface area contributed by atoms with Crippen molar-refractivity contribution in [3.63, 3.8) is 0 Å². The number of benzene rings is 1. The number of hydrazine groups is 1. The van der Waals surface area contributed by atoms with Crippen LogP contribution < -0.4 is 26.2 Å². The fraction of sp³-hybridized carbons (Fsp3) is 0.429. The zero-order valence-electron chi connectivity index (χ0n) is 12.4. The summed E-state index contributed by atoms with van der Waals surface area (Å²) in [7, 11) is 1.65. The molecule has 1 aromatic carbocycles. The normalized spacial score (nSPS) is 9.62. The molecule has 0 fully saturated rings. The second-order valence-electron chi connectivity index (χ2n) is 4.39. The van der Waals surface area contributed by atoms with Crippen molar-refractivity contribution in [2.75, 3.05) is 13.7 Å². The van der Waals surface area contributed by atoms with E-state index in [1.807, 2.05) is 24.3 Å². The minimum Gasteiger partial charge on any atom is -0.497 e. The van der Waals surface area contributed by atoms with Crippen LogP contribution in [0, 0.1) is 0 Å². The van der Waals surface area contributed by atoms with Crippen molar-refractivity contribution in [1.29, 1.82) is 0 Å². The molecule has 0 saturated carbocycles. The Labute approximate surface area is 136 Å². The topological polar surface area (TPSA) is 57.3 Å². The Hall–Kier alpha value is -1.60. The minimum absolute atomic E-state index is 0.491. The lowest BCUT2D eigenvalue weighted by Gasteiger charge is -2.14. The molecule has 0 aliphatic rings. The SMILES string of the molecule is CCCCNC(=S)NNC(=S)NCc1ccc(OC)cc1. The molecule has 0 aromatic heterocycles. The van der Waals surface area contributed by atoms with Gasteiger partial charge in [-0.05, 0) is 48.6 Å². The van der Waals surface area contributed by atoms with Crippen molar-refractivity contribution < 1.29 is 4.74 Å². The molecular weight excluding hydrogens is 304 g/mol. The zero-order valence-corrected chi connectivity index (χ0v) is 14.0. The monoisotopic (exact) mass is 326 g/mol. The van der Waals surface area contributed by atoms with Crippen molar-refractivity contribution in [1.82, 2.24) is 21.5 Å². The van der Waals surface area contributed by atoms with Crippen molar-refractivity contribution in [2.45, 2.75) is 26.3 Å². The van der Waals surface area contributed by atoms with Gasteiger partial charge in [0.2, 0.25) is 0 Å². The van der Waals surface area contributed by atoms with Crippen LogP contribution in [0.2, 0.25) is 0 Å². The molecule has 0 amide bonds. The third-order valence-corrected chi connectivity index (χ3v) is 3.21. The highest BCUT2D eigenvalue weighted by Gasteiger charge is 1.98. The van der Waals surface area contributed by atoms with Crippen molar-refractivity contribution in [3.8, 4) is 5.75 Å². The first kappa shape index (κ1) is 17.5. The van der Waals surface area contributed by atoms with Crippen LogP contribution in [-0.2, 0) is 6.54 Å². The molecule has 21 heavy (non-hydrogen) atoms. The highest BCUT2D eigenvalue weighted by molar-refractivity contribution is 7.80. The molecule has 7 heteroatoms. The van der Waals surface area contributed by atoms with Gasteiger partial charge in [-0.2, -0.15) is 0 Å². The standard InChI is InChI=1S/C14H22N4OS2/c1-3-4-9-15-13(20)17-18-14(21)16-10-11-5-7-12(19-2)8-6-11/h5-8H,3-4,9-10H2,1-2H3,(H2,15,17,20)(H2,16,18,21). The summed E-state index contributed by atoms with van der Waals surface area (Å²) in [6.45, 7) is 3.62. The number of thiocarbonyl (C=S) groups is 2. The van der Waals surface area contributed by atoms with Crippen molar-refractivity contribution in [2.24, 2.45) is 0 Å². The molecule has 0 unspecified atom stereocenters. The van der Waals surface area contributed by atoms with E-state index in [-0.39, 0.29) is 0 Å². The highest BCUT2D eigenvalue weighted by Crippen LogP contribution is 2.10. The lowest BCUT2D eigenvalue weighted by Crippen LogP contribution is -2.50. The Kier molecular flexibility index (Phi) is 8.45. The second-order valence-corrected chi connectivity index (χ2v) is 5.21. The van der Waals surface area contributed by atoms with E-state index in [0.29, 0.717) is 16.8 Å². The molecule has 0 aliphatic heterocycles. The van der Waals surface area contributed by atoms with Gasteiger partial charge in [-0.25, -0.2) is 0 Å². The number of rotatable bonds is 6. The molecule has 5 nitrogen and oxygen atoms in total. The van der Waals surface area contributed by atoms with Crippen LogP contribution >= 0.6 is 24.4 Å². The number of hydrogen-bond acceptors (Lipinski definition) is 3. The average Bonchev–Trinajstić information content (AvgIpc) is 2.51. The second kappa shape index (κ2) is 10.2. The van der Waals surface area contributed by atoms with E-state index in [9.17, 15) is 0 Å². The van der Waals surface area contributed by atoms with Gasteiger partial charge < -0.3 is 15.4 Å². The molecule has 0 radical (unpaired) electrons. The van der Waals surface area contributed by atoms with Crippen molar-refractivity contribution >= 4 is 34.7 Å². The van der Waals surface area contributed by atoms with E-state index >= 15 is 0 Å². The van der Waals surface area contributed by atoms with Crippen LogP contribution in [0.5, 0.6) is 5.75 Å². The van der Waals surface area contributed by atoms with E-state index in [1.54, 1.807) is 7.11 Å². The third kappa shape index (κ3) is 7.67. The van der Waals surface area contributed by atoms with E-state index in [2.05, 4.69) is 28.4 Å². The lowest BCUT2D eigenvalue weighted by atomic mass is 10.2. The van der Waals surface area contributed by atoms with Gasteiger partial charge in [-0.3, -0.25) is 10.9 Å². The van der Waals surface area contributed by atoms with E-state index < -0.39 is 0 Å². The molecule has 0 aliphatic carbocycles. The van der Waals surface area contributed by atoms with Crippen molar-refractivity contribution in [3.05, 3.63) is 29.8 Å². The van der Waals surface area contributed by atoms with Crippen LogP contribution in [0.25, 0.3) is 0 Å². The molecule has 116 valence electrons. The van der Waals surface area contributed by atoms with Gasteiger partial charge in [0.1, 0.15) is 5.75 Å². The smallest absolute Gasteiger partial charge is 0.185 e.